The van der Waals surface area contributed by atoms with E-state index in [4.69, 9.17) is 0 Å². The molecule has 5 aromatic carbocycles. The van der Waals surface area contributed by atoms with Crippen LogP contribution < -0.4 is 4.90 Å². The van der Waals surface area contributed by atoms with Crippen LogP contribution in [0.15, 0.2) is 206 Å². The van der Waals surface area contributed by atoms with Crippen molar-refractivity contribution in [1.82, 2.24) is 0 Å². The molecule has 0 heterocycles. The van der Waals surface area contributed by atoms with Gasteiger partial charge < -0.3 is 4.90 Å². The molecule has 270 valence electrons. The van der Waals surface area contributed by atoms with Crippen LogP contribution in [0.4, 0.5) is 11.4 Å². The van der Waals surface area contributed by atoms with Gasteiger partial charge in [0.25, 0.3) is 0 Å². The number of anilines is 2. The molecule has 0 fully saturated rings. The predicted molar refractivity (Wildman–Crippen MR) is 237 cm³/mol. The van der Waals surface area contributed by atoms with Crippen LogP contribution in [0.2, 0.25) is 0 Å². The van der Waals surface area contributed by atoms with Gasteiger partial charge in [-0.1, -0.05) is 171 Å². The summed E-state index contributed by atoms with van der Waals surface area (Å²) in [4.78, 5) is 2.58. The van der Waals surface area contributed by atoms with E-state index in [2.05, 4.69) is 201 Å². The van der Waals surface area contributed by atoms with Crippen LogP contribution in [-0.2, 0) is 11.8 Å². The normalized spacial score (nSPS) is 20.4. The lowest BCUT2D eigenvalue weighted by Gasteiger charge is -2.39. The monoisotopic (exact) mass is 711 g/mol. The molecule has 3 aliphatic rings. The fourth-order valence-corrected chi connectivity index (χ4v) is 9.25. The molecule has 1 heteroatoms. The van der Waals surface area contributed by atoms with Gasteiger partial charge in [-0.3, -0.25) is 0 Å². The van der Waals surface area contributed by atoms with E-state index in [1.807, 2.05) is 13.0 Å². The molecule has 0 N–H and O–H groups in total. The molecule has 0 bridgehead atoms. The molecule has 55 heavy (non-hydrogen) atoms. The number of aryl methyl sites for hydroxylation is 1. The largest absolute Gasteiger partial charge is 0.334 e. The maximum absolute atomic E-state index is 4.32. The third-order valence-corrected chi connectivity index (χ3v) is 11.8. The minimum atomic E-state index is -0.376. The summed E-state index contributed by atoms with van der Waals surface area (Å²) < 4.78 is 0. The first kappa shape index (κ1) is 35.8. The molecule has 0 amide bonds. The minimum Gasteiger partial charge on any atom is -0.334 e. The van der Waals surface area contributed by atoms with E-state index >= 15 is 0 Å². The van der Waals surface area contributed by atoms with Crippen LogP contribution in [-0.4, -0.2) is 6.04 Å². The van der Waals surface area contributed by atoms with E-state index in [-0.39, 0.29) is 11.5 Å². The van der Waals surface area contributed by atoms with E-state index in [1.54, 1.807) is 0 Å². The second kappa shape index (κ2) is 15.7. The number of hydrogen-bond acceptors (Lipinski definition) is 1. The molecule has 0 aliphatic heterocycles. The molecule has 5 aromatic rings. The second-order valence-corrected chi connectivity index (χ2v) is 14.7. The standard InChI is InChI=1S/C54H49N/c1-5-9-20-39(7-3)41-31-33-45(34-32-41)55(53-28-18-15-24-47(53)42-21-11-10-12-22-42)46-35-36-49-48-25-14-17-27-51(48)54(52(49)37-46)38-44(19-6-2)40(8-4)29-30-43-23-13-16-26-50(43)54/h5-27,31-37,53H,3-4,28-30,38H2,1-2H3/b9-5-,19-6-,39-20+,44-40-. The van der Waals surface area contributed by atoms with Crippen molar-refractivity contribution in [3.63, 3.8) is 0 Å². The molecule has 2 unspecified atom stereocenters. The third kappa shape index (κ3) is 6.44. The summed E-state index contributed by atoms with van der Waals surface area (Å²) in [5.41, 5.74) is 17.7. The Hall–Kier alpha value is -6.18. The van der Waals surface area contributed by atoms with Crippen LogP contribution in [0, 0.1) is 0 Å². The van der Waals surface area contributed by atoms with E-state index in [1.165, 1.54) is 61.4 Å². The Labute approximate surface area is 328 Å². The lowest BCUT2D eigenvalue weighted by molar-refractivity contribution is 0.610. The van der Waals surface area contributed by atoms with E-state index in [0.29, 0.717) is 0 Å². The highest BCUT2D eigenvalue weighted by atomic mass is 15.2. The summed E-state index contributed by atoms with van der Waals surface area (Å²) in [6.45, 7) is 12.6. The highest BCUT2D eigenvalue weighted by molar-refractivity contribution is 5.88. The summed E-state index contributed by atoms with van der Waals surface area (Å²) in [5, 5.41) is 0. The van der Waals surface area contributed by atoms with Gasteiger partial charge in [0.2, 0.25) is 0 Å². The van der Waals surface area contributed by atoms with Crippen molar-refractivity contribution in [2.75, 3.05) is 4.90 Å². The Morgan fingerprint density at radius 1 is 0.709 bits per heavy atom. The Morgan fingerprint density at radius 3 is 2.20 bits per heavy atom. The van der Waals surface area contributed by atoms with Crippen LogP contribution in [0.1, 0.15) is 66.5 Å². The first-order valence-corrected chi connectivity index (χ1v) is 19.7. The molecule has 0 saturated heterocycles. The Kier molecular flexibility index (Phi) is 10.2. The first-order valence-electron chi connectivity index (χ1n) is 19.7. The lowest BCUT2D eigenvalue weighted by atomic mass is 9.65. The maximum atomic E-state index is 4.32. The summed E-state index contributed by atoms with van der Waals surface area (Å²) in [6, 6.07) is 45.6. The van der Waals surface area contributed by atoms with Gasteiger partial charge in [0.1, 0.15) is 0 Å². The van der Waals surface area contributed by atoms with Crippen LogP contribution >= 0.6 is 0 Å². The summed E-state index contributed by atoms with van der Waals surface area (Å²) in [6.07, 6.45) is 25.4. The minimum absolute atomic E-state index is 0.0870. The topological polar surface area (TPSA) is 3.24 Å². The van der Waals surface area contributed by atoms with Gasteiger partial charge in [0, 0.05) is 11.4 Å². The smallest absolute Gasteiger partial charge is 0.0631 e. The fourth-order valence-electron chi connectivity index (χ4n) is 9.25. The average Bonchev–Trinajstić information content (AvgIpc) is 3.51. The molecular formula is C54H49N. The van der Waals surface area contributed by atoms with E-state index in [9.17, 15) is 0 Å². The molecule has 2 atom stereocenters. The van der Waals surface area contributed by atoms with Crippen molar-refractivity contribution in [2.24, 2.45) is 0 Å². The van der Waals surface area contributed by atoms with E-state index in [0.717, 1.165) is 42.5 Å². The van der Waals surface area contributed by atoms with Crippen LogP contribution in [0.3, 0.4) is 0 Å². The Morgan fingerprint density at radius 2 is 1.44 bits per heavy atom. The average molecular weight is 712 g/mol. The quantitative estimate of drug-likeness (QED) is 0.138. The van der Waals surface area contributed by atoms with Gasteiger partial charge in [-0.2, -0.15) is 0 Å². The van der Waals surface area contributed by atoms with Crippen molar-refractivity contribution in [3.05, 3.63) is 240 Å². The van der Waals surface area contributed by atoms with Crippen molar-refractivity contribution >= 4 is 22.5 Å². The third-order valence-electron chi connectivity index (χ3n) is 11.8. The number of nitrogens with zero attached hydrogens (tertiary/aromatic N) is 1. The number of benzene rings is 5. The SMILES string of the molecule is C=C/C1=C(\C=C/C)CC2(c3ccccc3CC1)c1ccccc1-c1ccc(N(c3ccc(/C(C=C)=C/C=C\C)cc3)C3CC=CC=C3c3ccccc3)cc12. The number of allylic oxidation sites excluding steroid dienone is 12. The Balaban J connectivity index is 1.38. The molecule has 3 aliphatic carbocycles. The zero-order valence-corrected chi connectivity index (χ0v) is 32.1. The predicted octanol–water partition coefficient (Wildman–Crippen LogP) is 14.1. The van der Waals surface area contributed by atoms with Crippen LogP contribution in [0.25, 0.3) is 22.3 Å². The zero-order chi connectivity index (χ0) is 37.8. The summed E-state index contributed by atoms with van der Waals surface area (Å²) >= 11 is 0. The zero-order valence-electron chi connectivity index (χ0n) is 32.1. The molecule has 0 aromatic heterocycles. The number of hydrogen-bond donors (Lipinski definition) is 0. The molecule has 8 rings (SSSR count). The molecule has 1 spiro atoms. The van der Waals surface area contributed by atoms with Crippen molar-refractivity contribution in [3.8, 4) is 11.1 Å². The van der Waals surface area contributed by atoms with Crippen molar-refractivity contribution in [2.45, 2.75) is 51.0 Å². The van der Waals surface area contributed by atoms with Crippen molar-refractivity contribution in [1.29, 1.82) is 0 Å². The highest BCUT2D eigenvalue weighted by Crippen LogP contribution is 2.58. The van der Waals surface area contributed by atoms with E-state index < -0.39 is 0 Å². The van der Waals surface area contributed by atoms with Crippen molar-refractivity contribution < 1.29 is 0 Å². The van der Waals surface area contributed by atoms with Gasteiger partial charge in [-0.05, 0) is 131 Å². The van der Waals surface area contributed by atoms with Gasteiger partial charge in [0.15, 0.2) is 0 Å². The molecular weight excluding hydrogens is 663 g/mol. The maximum Gasteiger partial charge on any atom is 0.0631 e. The lowest BCUT2D eigenvalue weighted by Crippen LogP contribution is -2.34. The first-order chi connectivity index (χ1) is 27.1. The number of rotatable bonds is 9. The highest BCUT2D eigenvalue weighted by Gasteiger charge is 2.47. The Bertz CT molecular complexity index is 2430. The molecule has 0 radical (unpaired) electrons. The second-order valence-electron chi connectivity index (χ2n) is 14.7. The number of fused-ring (bicyclic) bond motifs is 7. The molecule has 0 saturated carbocycles. The van der Waals surface area contributed by atoms with Gasteiger partial charge >= 0.3 is 0 Å². The summed E-state index contributed by atoms with van der Waals surface area (Å²) in [7, 11) is 0. The fraction of sp³-hybridized carbons (Fsp3) is 0.148. The van der Waals surface area contributed by atoms with Gasteiger partial charge in [-0.15, -0.1) is 0 Å². The summed E-state index contributed by atoms with van der Waals surface area (Å²) in [5.74, 6) is 0. The van der Waals surface area contributed by atoms with Gasteiger partial charge in [0.05, 0.1) is 11.5 Å². The molecule has 1 nitrogen and oxygen atoms in total. The van der Waals surface area contributed by atoms with Crippen LogP contribution in [0.5, 0.6) is 0 Å². The van der Waals surface area contributed by atoms with Gasteiger partial charge in [-0.25, -0.2) is 0 Å².